The van der Waals surface area contributed by atoms with E-state index in [1.165, 1.54) is 5.56 Å². The monoisotopic (exact) mass is 215 g/mol. The zero-order chi connectivity index (χ0) is 11.0. The van der Waals surface area contributed by atoms with E-state index in [0.29, 0.717) is 5.91 Å². The van der Waals surface area contributed by atoms with E-state index in [1.807, 2.05) is 6.07 Å². The van der Waals surface area contributed by atoms with Crippen LogP contribution in [0.1, 0.15) is 37.7 Å². The van der Waals surface area contributed by atoms with Crippen LogP contribution >= 0.6 is 0 Å². The third-order valence-electron chi connectivity index (χ3n) is 4.08. The van der Waals surface area contributed by atoms with Gasteiger partial charge in [-0.05, 0) is 31.2 Å². The van der Waals surface area contributed by atoms with Gasteiger partial charge < -0.3 is 4.90 Å². The summed E-state index contributed by atoms with van der Waals surface area (Å²) in [6, 6.07) is 10.6. The predicted octanol–water partition coefficient (Wildman–Crippen LogP) is 2.69. The van der Waals surface area contributed by atoms with Crippen LogP contribution in [0.2, 0.25) is 0 Å². The molecule has 0 aliphatic carbocycles. The van der Waals surface area contributed by atoms with Gasteiger partial charge >= 0.3 is 0 Å². The van der Waals surface area contributed by atoms with Gasteiger partial charge in [0.25, 0.3) is 0 Å². The molecule has 0 spiro atoms. The van der Waals surface area contributed by atoms with Crippen molar-refractivity contribution < 1.29 is 4.79 Å². The second kappa shape index (κ2) is 3.62. The number of hydrogen-bond donors (Lipinski definition) is 0. The summed E-state index contributed by atoms with van der Waals surface area (Å²) < 4.78 is 0. The Morgan fingerprint density at radius 2 is 1.81 bits per heavy atom. The molecule has 2 heterocycles. The van der Waals surface area contributed by atoms with Gasteiger partial charge in [-0.1, -0.05) is 30.3 Å². The molecule has 16 heavy (non-hydrogen) atoms. The summed E-state index contributed by atoms with van der Waals surface area (Å²) in [7, 11) is 0. The van der Waals surface area contributed by atoms with Crippen molar-refractivity contribution in [2.24, 2.45) is 0 Å². The minimum Gasteiger partial charge on any atom is -0.333 e. The fraction of sp³-hybridized carbons (Fsp3) is 0.500. The fourth-order valence-corrected chi connectivity index (χ4v) is 3.36. The average Bonchev–Trinajstić information content (AvgIpc) is 2.77. The van der Waals surface area contributed by atoms with Crippen molar-refractivity contribution in [3.8, 4) is 0 Å². The molecule has 0 aromatic heterocycles. The van der Waals surface area contributed by atoms with Gasteiger partial charge in [-0.3, -0.25) is 4.79 Å². The van der Waals surface area contributed by atoms with Gasteiger partial charge in [-0.25, -0.2) is 0 Å². The van der Waals surface area contributed by atoms with Gasteiger partial charge in [-0.2, -0.15) is 0 Å². The number of amides is 1. The first-order chi connectivity index (χ1) is 7.83. The molecule has 2 fully saturated rings. The highest BCUT2D eigenvalue weighted by molar-refractivity contribution is 5.78. The number of benzene rings is 1. The molecule has 0 radical (unpaired) electrons. The Labute approximate surface area is 96.3 Å². The third-order valence-corrected chi connectivity index (χ3v) is 4.08. The van der Waals surface area contributed by atoms with Gasteiger partial charge in [0.05, 0.1) is 5.54 Å². The second-order valence-corrected chi connectivity index (χ2v) is 4.90. The molecule has 2 aliphatic rings. The molecular formula is C14H17NO. The lowest BCUT2D eigenvalue weighted by Gasteiger charge is -2.42. The molecule has 1 atom stereocenters. The SMILES string of the molecule is O=C1CCCC2(c3ccccc3)CCCN12. The maximum atomic E-state index is 12.0. The molecule has 84 valence electrons. The van der Waals surface area contributed by atoms with Gasteiger partial charge in [0.2, 0.25) is 5.91 Å². The molecule has 0 saturated carbocycles. The lowest BCUT2D eigenvalue weighted by atomic mass is 9.80. The van der Waals surface area contributed by atoms with E-state index in [4.69, 9.17) is 0 Å². The number of carbonyl (C=O) groups excluding carboxylic acids is 1. The Bertz CT molecular complexity index is 400. The normalized spacial score (nSPS) is 29.2. The maximum Gasteiger partial charge on any atom is 0.223 e. The van der Waals surface area contributed by atoms with Gasteiger partial charge in [0, 0.05) is 13.0 Å². The Morgan fingerprint density at radius 3 is 2.62 bits per heavy atom. The Balaban J connectivity index is 2.05. The van der Waals surface area contributed by atoms with Crippen molar-refractivity contribution in [2.45, 2.75) is 37.6 Å². The summed E-state index contributed by atoms with van der Waals surface area (Å²) in [5, 5.41) is 0. The topological polar surface area (TPSA) is 20.3 Å². The standard InChI is InChI=1S/C14H17NO/c16-13-8-4-9-14(10-5-11-15(13)14)12-6-2-1-3-7-12/h1-3,6-7H,4-5,8-11H2. The van der Waals surface area contributed by atoms with Crippen LogP contribution in [-0.2, 0) is 10.3 Å². The van der Waals surface area contributed by atoms with Gasteiger partial charge in [0.15, 0.2) is 0 Å². The van der Waals surface area contributed by atoms with Crippen molar-refractivity contribution in [3.63, 3.8) is 0 Å². The number of carbonyl (C=O) groups is 1. The third kappa shape index (κ3) is 1.29. The minimum atomic E-state index is 0.0383. The highest BCUT2D eigenvalue weighted by Crippen LogP contribution is 2.45. The van der Waals surface area contributed by atoms with E-state index in [0.717, 1.165) is 38.6 Å². The maximum absolute atomic E-state index is 12.0. The lowest BCUT2D eigenvalue weighted by Crippen LogP contribution is -2.48. The highest BCUT2D eigenvalue weighted by Gasteiger charge is 2.46. The zero-order valence-electron chi connectivity index (χ0n) is 9.48. The number of hydrogen-bond acceptors (Lipinski definition) is 1. The molecule has 0 bridgehead atoms. The molecule has 1 amide bonds. The smallest absolute Gasteiger partial charge is 0.223 e. The zero-order valence-corrected chi connectivity index (χ0v) is 9.48. The van der Waals surface area contributed by atoms with E-state index < -0.39 is 0 Å². The largest absolute Gasteiger partial charge is 0.333 e. The molecule has 2 saturated heterocycles. The molecule has 1 aromatic carbocycles. The van der Waals surface area contributed by atoms with E-state index in [-0.39, 0.29) is 5.54 Å². The van der Waals surface area contributed by atoms with E-state index >= 15 is 0 Å². The van der Waals surface area contributed by atoms with E-state index in [2.05, 4.69) is 29.2 Å². The van der Waals surface area contributed by atoms with Crippen molar-refractivity contribution in [3.05, 3.63) is 35.9 Å². The number of piperidine rings is 1. The fourth-order valence-electron chi connectivity index (χ4n) is 3.36. The summed E-state index contributed by atoms with van der Waals surface area (Å²) in [6.45, 7) is 0.952. The summed E-state index contributed by atoms with van der Waals surface area (Å²) in [5.41, 5.74) is 1.37. The quantitative estimate of drug-likeness (QED) is 0.705. The van der Waals surface area contributed by atoms with Crippen LogP contribution in [0.4, 0.5) is 0 Å². The second-order valence-electron chi connectivity index (χ2n) is 4.90. The first kappa shape index (κ1) is 9.88. The highest BCUT2D eigenvalue weighted by atomic mass is 16.2. The summed E-state index contributed by atoms with van der Waals surface area (Å²) in [6.07, 6.45) is 5.23. The number of nitrogens with zero attached hydrogens (tertiary/aromatic N) is 1. The van der Waals surface area contributed by atoms with Crippen molar-refractivity contribution in [2.75, 3.05) is 6.54 Å². The van der Waals surface area contributed by atoms with Gasteiger partial charge in [0.1, 0.15) is 0 Å². The summed E-state index contributed by atoms with van der Waals surface area (Å²) in [4.78, 5) is 14.1. The Kier molecular flexibility index (Phi) is 2.23. The molecular weight excluding hydrogens is 198 g/mol. The van der Waals surface area contributed by atoms with Crippen LogP contribution in [0, 0.1) is 0 Å². The van der Waals surface area contributed by atoms with Crippen molar-refractivity contribution >= 4 is 5.91 Å². The molecule has 1 aromatic rings. The van der Waals surface area contributed by atoms with E-state index in [1.54, 1.807) is 0 Å². The van der Waals surface area contributed by atoms with Crippen LogP contribution in [0.5, 0.6) is 0 Å². The number of fused-ring (bicyclic) bond motifs is 1. The average molecular weight is 215 g/mol. The Morgan fingerprint density at radius 1 is 1.06 bits per heavy atom. The van der Waals surface area contributed by atoms with Crippen molar-refractivity contribution in [1.29, 1.82) is 0 Å². The summed E-state index contributed by atoms with van der Waals surface area (Å²) in [5.74, 6) is 0.354. The molecule has 2 aliphatic heterocycles. The van der Waals surface area contributed by atoms with Crippen LogP contribution in [0.15, 0.2) is 30.3 Å². The molecule has 2 nitrogen and oxygen atoms in total. The van der Waals surface area contributed by atoms with Crippen LogP contribution in [0.25, 0.3) is 0 Å². The molecule has 3 rings (SSSR count). The minimum absolute atomic E-state index is 0.0383. The predicted molar refractivity (Wildman–Crippen MR) is 62.9 cm³/mol. The van der Waals surface area contributed by atoms with Crippen LogP contribution in [-0.4, -0.2) is 17.4 Å². The summed E-state index contributed by atoms with van der Waals surface area (Å²) >= 11 is 0. The number of rotatable bonds is 1. The molecule has 1 unspecified atom stereocenters. The van der Waals surface area contributed by atoms with Crippen molar-refractivity contribution in [1.82, 2.24) is 4.90 Å². The first-order valence-electron chi connectivity index (χ1n) is 6.19. The van der Waals surface area contributed by atoms with E-state index in [9.17, 15) is 4.79 Å². The first-order valence-corrected chi connectivity index (χ1v) is 6.19. The van der Waals surface area contributed by atoms with Gasteiger partial charge in [-0.15, -0.1) is 0 Å². The van der Waals surface area contributed by atoms with Crippen LogP contribution < -0.4 is 0 Å². The Hall–Kier alpha value is -1.31. The molecule has 0 N–H and O–H groups in total. The lowest BCUT2D eigenvalue weighted by molar-refractivity contribution is -0.139. The molecule has 2 heteroatoms. The van der Waals surface area contributed by atoms with Crippen LogP contribution in [0.3, 0.4) is 0 Å².